The van der Waals surface area contributed by atoms with Crippen molar-refractivity contribution in [1.82, 2.24) is 19.6 Å². The molecule has 3 rings (SSSR count). The highest BCUT2D eigenvalue weighted by atomic mass is 16.6. The van der Waals surface area contributed by atoms with Crippen LogP contribution in [0, 0.1) is 13.8 Å². The van der Waals surface area contributed by atoms with Gasteiger partial charge in [-0.1, -0.05) is 6.07 Å². The molecule has 3 aromatic rings. The zero-order valence-corrected chi connectivity index (χ0v) is 15.8. The van der Waals surface area contributed by atoms with Gasteiger partial charge >= 0.3 is 11.9 Å². The molecule has 0 spiro atoms. The van der Waals surface area contributed by atoms with Crippen molar-refractivity contribution in [2.75, 3.05) is 6.61 Å². The highest BCUT2D eigenvalue weighted by Gasteiger charge is 2.30. The maximum atomic E-state index is 12.6. The average molecular weight is 384 g/mol. The number of H-pyrrole nitrogens is 1. The van der Waals surface area contributed by atoms with Gasteiger partial charge in [0.05, 0.1) is 24.3 Å². The third-order valence-electron chi connectivity index (χ3n) is 4.21. The molecular formula is C19H20N4O5. The van der Waals surface area contributed by atoms with Crippen molar-refractivity contribution < 1.29 is 19.1 Å². The first-order chi connectivity index (χ1) is 13.4. The van der Waals surface area contributed by atoms with Crippen LogP contribution in [0.3, 0.4) is 0 Å². The third-order valence-corrected chi connectivity index (χ3v) is 4.21. The molecule has 0 aliphatic heterocycles. The van der Waals surface area contributed by atoms with Crippen molar-refractivity contribution in [1.29, 1.82) is 0 Å². The van der Waals surface area contributed by atoms with E-state index in [1.807, 2.05) is 0 Å². The Balaban J connectivity index is 1.88. The van der Waals surface area contributed by atoms with E-state index in [0.717, 1.165) is 0 Å². The van der Waals surface area contributed by atoms with Crippen molar-refractivity contribution in [2.24, 2.45) is 0 Å². The molecule has 0 amide bonds. The molecular weight excluding hydrogens is 364 g/mol. The molecule has 3 aromatic heterocycles. The van der Waals surface area contributed by atoms with Crippen LogP contribution in [0.2, 0.25) is 0 Å². The summed E-state index contributed by atoms with van der Waals surface area (Å²) in [7, 11) is 0. The van der Waals surface area contributed by atoms with E-state index in [9.17, 15) is 14.4 Å². The number of rotatable bonds is 6. The number of nitrogens with one attached hydrogen (secondary N) is 1. The number of ether oxygens (including phenoxy) is 2. The molecule has 9 nitrogen and oxygen atoms in total. The van der Waals surface area contributed by atoms with Gasteiger partial charge in [-0.3, -0.25) is 19.7 Å². The van der Waals surface area contributed by atoms with Crippen LogP contribution in [-0.2, 0) is 25.5 Å². The molecule has 0 radical (unpaired) electrons. The fraction of sp³-hybridized carbons (Fsp3) is 0.316. The summed E-state index contributed by atoms with van der Waals surface area (Å²) in [5.41, 5.74) is 1.63. The fourth-order valence-corrected chi connectivity index (χ4v) is 2.83. The summed E-state index contributed by atoms with van der Waals surface area (Å²) < 4.78 is 11.6. The van der Waals surface area contributed by atoms with E-state index in [0.29, 0.717) is 22.6 Å². The molecule has 0 saturated carbocycles. The number of hydrogen-bond donors (Lipinski definition) is 1. The summed E-state index contributed by atoms with van der Waals surface area (Å²) >= 11 is 0. The molecule has 3 heterocycles. The molecule has 0 aliphatic rings. The van der Waals surface area contributed by atoms with E-state index in [2.05, 4.69) is 15.1 Å². The second kappa shape index (κ2) is 8.03. The van der Waals surface area contributed by atoms with Crippen LogP contribution in [0.15, 0.2) is 35.4 Å². The first-order valence-electron chi connectivity index (χ1n) is 8.75. The molecule has 1 N–H and O–H groups in total. The van der Waals surface area contributed by atoms with Crippen molar-refractivity contribution in [3.8, 4) is 0 Å². The zero-order valence-electron chi connectivity index (χ0n) is 15.8. The molecule has 0 fully saturated rings. The van der Waals surface area contributed by atoms with Gasteiger partial charge in [0.25, 0.3) is 5.56 Å². The Hall–Kier alpha value is -3.49. The number of fused-ring (bicyclic) bond motifs is 1. The van der Waals surface area contributed by atoms with Gasteiger partial charge in [-0.2, -0.15) is 0 Å². The van der Waals surface area contributed by atoms with Crippen LogP contribution < -0.4 is 5.56 Å². The number of pyridine rings is 1. The van der Waals surface area contributed by atoms with Crippen molar-refractivity contribution in [2.45, 2.75) is 33.3 Å². The summed E-state index contributed by atoms with van der Waals surface area (Å²) in [6.07, 6.45) is 1.44. The second-order valence-electron chi connectivity index (χ2n) is 6.14. The van der Waals surface area contributed by atoms with Crippen molar-refractivity contribution >= 4 is 17.6 Å². The largest absolute Gasteiger partial charge is 0.463 e. The standard InChI is InChI=1S/C19H20N4O5/c1-4-27-19(26)17(16-11(2)6-5-8-20-16)28-15(24)10-13-12(3)22-14-7-9-21-23(14)18(13)25/h5-9,17,21H,4,10H2,1-3H3/t17-/m0/s1. The lowest BCUT2D eigenvalue weighted by Crippen LogP contribution is -2.28. The highest BCUT2D eigenvalue weighted by molar-refractivity contribution is 5.81. The molecule has 1 atom stereocenters. The summed E-state index contributed by atoms with van der Waals surface area (Å²) in [6.45, 7) is 5.18. The Morgan fingerprint density at radius 3 is 2.79 bits per heavy atom. The monoisotopic (exact) mass is 384 g/mol. The number of nitrogens with zero attached hydrogens (tertiary/aromatic N) is 3. The molecule has 0 unspecified atom stereocenters. The van der Waals surface area contributed by atoms with Crippen LogP contribution in [0.5, 0.6) is 0 Å². The van der Waals surface area contributed by atoms with Gasteiger partial charge in [-0.25, -0.2) is 14.3 Å². The predicted octanol–water partition coefficient (Wildman–Crippen LogP) is 1.42. The first kappa shape index (κ1) is 19.3. The number of aryl methyl sites for hydroxylation is 2. The average Bonchev–Trinajstić information content (AvgIpc) is 3.12. The van der Waals surface area contributed by atoms with Gasteiger partial charge in [0, 0.05) is 24.2 Å². The minimum Gasteiger partial charge on any atom is -0.463 e. The Morgan fingerprint density at radius 2 is 2.07 bits per heavy atom. The summed E-state index contributed by atoms with van der Waals surface area (Å²) in [4.78, 5) is 45.9. The Morgan fingerprint density at radius 1 is 1.29 bits per heavy atom. The molecule has 0 aliphatic carbocycles. The van der Waals surface area contributed by atoms with Crippen LogP contribution in [0.25, 0.3) is 5.65 Å². The number of aromatic amines is 1. The van der Waals surface area contributed by atoms with Gasteiger partial charge in [0.2, 0.25) is 6.10 Å². The second-order valence-corrected chi connectivity index (χ2v) is 6.14. The minimum atomic E-state index is -1.31. The Bertz CT molecular complexity index is 1090. The lowest BCUT2D eigenvalue weighted by atomic mass is 10.1. The van der Waals surface area contributed by atoms with Crippen LogP contribution in [-0.4, -0.2) is 38.1 Å². The highest BCUT2D eigenvalue weighted by Crippen LogP contribution is 2.21. The molecule has 0 bridgehead atoms. The number of carbonyl (C=O) groups is 2. The van der Waals surface area contributed by atoms with E-state index >= 15 is 0 Å². The summed E-state index contributed by atoms with van der Waals surface area (Å²) in [5, 5.41) is 2.74. The van der Waals surface area contributed by atoms with E-state index < -0.39 is 23.6 Å². The number of hydrogen-bond acceptors (Lipinski definition) is 7. The van der Waals surface area contributed by atoms with Gasteiger partial charge in [0.1, 0.15) is 0 Å². The zero-order chi connectivity index (χ0) is 20.3. The SMILES string of the molecule is CCOC(=O)[C@@H](OC(=O)Cc1c(C)nc2cc[nH]n2c1=O)c1ncccc1C. The third kappa shape index (κ3) is 3.78. The van der Waals surface area contributed by atoms with E-state index in [1.54, 1.807) is 45.2 Å². The fourth-order valence-electron chi connectivity index (χ4n) is 2.83. The number of esters is 2. The number of aromatic nitrogens is 4. The van der Waals surface area contributed by atoms with Gasteiger partial charge in [-0.15, -0.1) is 0 Å². The van der Waals surface area contributed by atoms with Gasteiger partial charge in [0.15, 0.2) is 5.65 Å². The van der Waals surface area contributed by atoms with Crippen molar-refractivity contribution in [3.05, 3.63) is 63.5 Å². The van der Waals surface area contributed by atoms with E-state index in [4.69, 9.17) is 9.47 Å². The quantitative estimate of drug-likeness (QED) is 0.639. The molecule has 28 heavy (non-hydrogen) atoms. The van der Waals surface area contributed by atoms with Crippen LogP contribution in [0.1, 0.15) is 35.5 Å². The molecule has 0 saturated heterocycles. The molecule has 146 valence electrons. The van der Waals surface area contributed by atoms with Gasteiger partial charge < -0.3 is 9.47 Å². The minimum absolute atomic E-state index is 0.132. The Kier molecular flexibility index (Phi) is 5.53. The van der Waals surface area contributed by atoms with Crippen LogP contribution >= 0.6 is 0 Å². The van der Waals surface area contributed by atoms with Gasteiger partial charge in [-0.05, 0) is 32.4 Å². The number of carbonyl (C=O) groups excluding carboxylic acids is 2. The lowest BCUT2D eigenvalue weighted by Gasteiger charge is -2.17. The van der Waals surface area contributed by atoms with E-state index in [-0.39, 0.29) is 18.6 Å². The Labute approximate surface area is 160 Å². The van der Waals surface area contributed by atoms with Crippen LogP contribution in [0.4, 0.5) is 0 Å². The molecule has 9 heteroatoms. The first-order valence-corrected chi connectivity index (χ1v) is 8.75. The topological polar surface area (TPSA) is 116 Å². The smallest absolute Gasteiger partial charge is 0.353 e. The van der Waals surface area contributed by atoms with E-state index in [1.165, 1.54) is 10.7 Å². The lowest BCUT2D eigenvalue weighted by molar-refractivity contribution is -0.168. The normalized spacial score (nSPS) is 12.0. The predicted molar refractivity (Wildman–Crippen MR) is 98.7 cm³/mol. The maximum Gasteiger partial charge on any atom is 0.353 e. The van der Waals surface area contributed by atoms with Crippen molar-refractivity contribution in [3.63, 3.8) is 0 Å². The summed E-state index contributed by atoms with van der Waals surface area (Å²) in [5.74, 6) is -1.47. The maximum absolute atomic E-state index is 12.6. The molecule has 0 aromatic carbocycles. The summed E-state index contributed by atoms with van der Waals surface area (Å²) in [6, 6.07) is 5.11.